The zero-order valence-electron chi connectivity index (χ0n) is 11.9. The Morgan fingerprint density at radius 1 is 1.23 bits per heavy atom. The number of aliphatic hydroxyl groups is 1. The molecule has 2 aromatic rings. The zero-order valence-corrected chi connectivity index (χ0v) is 11.9. The van der Waals surface area contributed by atoms with Gasteiger partial charge in [-0.15, -0.1) is 0 Å². The molecule has 1 amide bonds. The Balaban J connectivity index is 2.21. The monoisotopic (exact) mass is 307 g/mol. The maximum atomic E-state index is 13.6. The molecule has 0 spiro atoms. The molecule has 0 atom stereocenters. The number of amides is 1. The van der Waals surface area contributed by atoms with E-state index in [1.165, 1.54) is 6.07 Å². The molecule has 0 unspecified atom stereocenters. The Bertz CT molecular complexity index is 689. The maximum absolute atomic E-state index is 13.6. The van der Waals surface area contributed by atoms with Gasteiger partial charge in [0.25, 0.3) is 5.91 Å². The summed E-state index contributed by atoms with van der Waals surface area (Å²) in [6.07, 6.45) is 0. The normalized spacial score (nSPS) is 10.4. The van der Waals surface area contributed by atoms with E-state index in [1.807, 2.05) is 6.92 Å². The second-order valence-corrected chi connectivity index (χ2v) is 4.49. The largest absolute Gasteiger partial charge is 0.494 e. The van der Waals surface area contributed by atoms with Crippen LogP contribution in [0.15, 0.2) is 36.4 Å². The molecule has 2 rings (SSSR count). The number of aliphatic hydroxyl groups excluding tert-OH is 1. The third kappa shape index (κ3) is 3.59. The van der Waals surface area contributed by atoms with E-state index in [0.29, 0.717) is 29.7 Å². The zero-order chi connectivity index (χ0) is 16.1. The van der Waals surface area contributed by atoms with Crippen LogP contribution in [-0.2, 0) is 6.61 Å². The maximum Gasteiger partial charge on any atom is 0.258 e. The topological polar surface area (TPSA) is 58.6 Å². The van der Waals surface area contributed by atoms with Crippen molar-refractivity contribution in [2.75, 3.05) is 11.9 Å². The van der Waals surface area contributed by atoms with Gasteiger partial charge in [0.1, 0.15) is 17.4 Å². The van der Waals surface area contributed by atoms with Crippen LogP contribution in [0.25, 0.3) is 0 Å². The van der Waals surface area contributed by atoms with Crippen molar-refractivity contribution in [1.29, 1.82) is 0 Å². The third-order valence-electron chi connectivity index (χ3n) is 2.96. The highest BCUT2D eigenvalue weighted by Crippen LogP contribution is 2.23. The van der Waals surface area contributed by atoms with Crippen LogP contribution in [0.5, 0.6) is 5.75 Å². The minimum Gasteiger partial charge on any atom is -0.494 e. The predicted octanol–water partition coefficient (Wildman–Crippen LogP) is 3.11. The molecule has 6 heteroatoms. The fourth-order valence-electron chi connectivity index (χ4n) is 1.95. The average molecular weight is 307 g/mol. The van der Waals surface area contributed by atoms with E-state index in [1.54, 1.807) is 12.1 Å². The Morgan fingerprint density at radius 3 is 2.64 bits per heavy atom. The number of carbonyl (C=O) groups excluding carboxylic acids is 1. The van der Waals surface area contributed by atoms with Crippen molar-refractivity contribution in [1.82, 2.24) is 0 Å². The number of ether oxygens (including phenoxy) is 1. The van der Waals surface area contributed by atoms with Crippen LogP contribution in [0.2, 0.25) is 0 Å². The summed E-state index contributed by atoms with van der Waals surface area (Å²) >= 11 is 0. The molecular formula is C16H15F2NO3. The van der Waals surface area contributed by atoms with Gasteiger partial charge in [-0.2, -0.15) is 0 Å². The lowest BCUT2D eigenvalue weighted by Crippen LogP contribution is -2.14. The van der Waals surface area contributed by atoms with Gasteiger partial charge in [-0.3, -0.25) is 4.79 Å². The summed E-state index contributed by atoms with van der Waals surface area (Å²) in [5.41, 5.74) is 0.612. The van der Waals surface area contributed by atoms with E-state index in [2.05, 4.69) is 5.32 Å². The highest BCUT2D eigenvalue weighted by molar-refractivity contribution is 6.04. The van der Waals surface area contributed by atoms with Gasteiger partial charge in [0, 0.05) is 17.3 Å². The molecule has 2 N–H and O–H groups in total. The molecule has 116 valence electrons. The van der Waals surface area contributed by atoms with Crippen LogP contribution in [0.3, 0.4) is 0 Å². The van der Waals surface area contributed by atoms with E-state index in [4.69, 9.17) is 4.74 Å². The molecule has 0 radical (unpaired) electrons. The molecule has 22 heavy (non-hydrogen) atoms. The molecule has 0 heterocycles. The smallest absolute Gasteiger partial charge is 0.258 e. The van der Waals surface area contributed by atoms with Crippen molar-refractivity contribution in [3.8, 4) is 5.75 Å². The fraction of sp³-hybridized carbons (Fsp3) is 0.188. The number of benzene rings is 2. The van der Waals surface area contributed by atoms with Crippen LogP contribution >= 0.6 is 0 Å². The van der Waals surface area contributed by atoms with Crippen LogP contribution in [-0.4, -0.2) is 17.6 Å². The molecule has 0 aliphatic carbocycles. The van der Waals surface area contributed by atoms with Gasteiger partial charge < -0.3 is 15.2 Å². The lowest BCUT2D eigenvalue weighted by Gasteiger charge is -2.11. The standard InChI is InChI=1S/C16H15F2NO3/c1-2-22-15-6-4-12(7-10(15)9-20)19-16(21)13-5-3-11(17)8-14(13)18/h3-8,20H,2,9H2,1H3,(H,19,21). The summed E-state index contributed by atoms with van der Waals surface area (Å²) in [6, 6.07) is 7.43. The number of anilines is 1. The highest BCUT2D eigenvalue weighted by Gasteiger charge is 2.13. The van der Waals surface area contributed by atoms with E-state index < -0.39 is 17.5 Å². The second kappa shape index (κ2) is 7.00. The van der Waals surface area contributed by atoms with Gasteiger partial charge in [0.15, 0.2) is 0 Å². The van der Waals surface area contributed by atoms with Gasteiger partial charge in [-0.25, -0.2) is 8.78 Å². The first-order valence-corrected chi connectivity index (χ1v) is 6.68. The number of halogens is 2. The third-order valence-corrected chi connectivity index (χ3v) is 2.96. The first kappa shape index (κ1) is 15.9. The molecular weight excluding hydrogens is 292 g/mol. The van der Waals surface area contributed by atoms with Crippen molar-refractivity contribution in [2.24, 2.45) is 0 Å². The van der Waals surface area contributed by atoms with E-state index in [0.717, 1.165) is 12.1 Å². The number of carbonyl (C=O) groups is 1. The van der Waals surface area contributed by atoms with E-state index in [-0.39, 0.29) is 12.2 Å². The lowest BCUT2D eigenvalue weighted by molar-refractivity contribution is 0.102. The summed E-state index contributed by atoms with van der Waals surface area (Å²) in [4.78, 5) is 12.0. The van der Waals surface area contributed by atoms with E-state index >= 15 is 0 Å². The molecule has 0 aromatic heterocycles. The molecule has 0 fully saturated rings. The fourth-order valence-corrected chi connectivity index (χ4v) is 1.95. The van der Waals surface area contributed by atoms with E-state index in [9.17, 15) is 18.7 Å². The Kier molecular flexibility index (Phi) is 5.06. The van der Waals surface area contributed by atoms with Crippen molar-refractivity contribution >= 4 is 11.6 Å². The predicted molar refractivity (Wildman–Crippen MR) is 77.8 cm³/mol. The summed E-state index contributed by atoms with van der Waals surface area (Å²) in [5, 5.41) is 11.8. The molecule has 0 aliphatic rings. The van der Waals surface area contributed by atoms with Crippen LogP contribution in [0.4, 0.5) is 14.5 Å². The van der Waals surface area contributed by atoms with Gasteiger partial charge in [0.05, 0.1) is 18.8 Å². The highest BCUT2D eigenvalue weighted by atomic mass is 19.1. The van der Waals surface area contributed by atoms with Crippen molar-refractivity contribution < 1.29 is 23.4 Å². The van der Waals surface area contributed by atoms with Gasteiger partial charge in [-0.1, -0.05) is 0 Å². The quantitative estimate of drug-likeness (QED) is 0.892. The Morgan fingerprint density at radius 2 is 2.00 bits per heavy atom. The Labute approximate surface area is 126 Å². The summed E-state index contributed by atoms with van der Waals surface area (Å²) in [7, 11) is 0. The summed E-state index contributed by atoms with van der Waals surface area (Å²) < 4.78 is 31.7. The number of hydrogen-bond acceptors (Lipinski definition) is 3. The molecule has 0 saturated heterocycles. The summed E-state index contributed by atoms with van der Waals surface area (Å²) in [6.45, 7) is 2.00. The molecule has 4 nitrogen and oxygen atoms in total. The lowest BCUT2D eigenvalue weighted by atomic mass is 10.1. The van der Waals surface area contributed by atoms with Gasteiger partial charge in [0.2, 0.25) is 0 Å². The minimum absolute atomic E-state index is 0.260. The number of rotatable bonds is 5. The average Bonchev–Trinajstić information content (AvgIpc) is 2.48. The molecule has 0 aliphatic heterocycles. The van der Waals surface area contributed by atoms with Crippen LogP contribution in [0.1, 0.15) is 22.8 Å². The molecule has 0 saturated carbocycles. The first-order valence-electron chi connectivity index (χ1n) is 6.68. The van der Waals surface area contributed by atoms with Gasteiger partial charge >= 0.3 is 0 Å². The summed E-state index contributed by atoms with van der Waals surface area (Å²) in [5.74, 6) is -1.88. The van der Waals surface area contributed by atoms with Crippen LogP contribution in [0, 0.1) is 11.6 Å². The molecule has 0 bridgehead atoms. The van der Waals surface area contributed by atoms with Crippen molar-refractivity contribution in [3.05, 3.63) is 59.2 Å². The second-order valence-electron chi connectivity index (χ2n) is 4.49. The van der Waals surface area contributed by atoms with Crippen LogP contribution < -0.4 is 10.1 Å². The number of nitrogens with one attached hydrogen (secondary N) is 1. The Hall–Kier alpha value is -2.47. The SMILES string of the molecule is CCOc1ccc(NC(=O)c2ccc(F)cc2F)cc1CO. The van der Waals surface area contributed by atoms with Crippen molar-refractivity contribution in [3.63, 3.8) is 0 Å². The molecule has 2 aromatic carbocycles. The van der Waals surface area contributed by atoms with Gasteiger partial charge in [-0.05, 0) is 37.3 Å². The number of hydrogen-bond donors (Lipinski definition) is 2. The minimum atomic E-state index is -0.939. The first-order chi connectivity index (χ1) is 10.5. The van der Waals surface area contributed by atoms with Crippen molar-refractivity contribution in [2.45, 2.75) is 13.5 Å².